The molecule has 17 heavy (non-hydrogen) atoms. The summed E-state index contributed by atoms with van der Waals surface area (Å²) in [6, 6.07) is 5.11. The SMILES string of the molecule is CN(C)c1cc[n+](-c2cc(=O)[nH]c(=O)[nH]2)cc1. The van der Waals surface area contributed by atoms with Gasteiger partial charge in [0.25, 0.3) is 11.4 Å². The third-order valence-electron chi connectivity index (χ3n) is 2.35. The average Bonchev–Trinajstić information content (AvgIpc) is 2.28. The van der Waals surface area contributed by atoms with E-state index < -0.39 is 11.2 Å². The zero-order valence-electron chi connectivity index (χ0n) is 9.60. The summed E-state index contributed by atoms with van der Waals surface area (Å²) in [5, 5.41) is 0. The third kappa shape index (κ3) is 2.41. The van der Waals surface area contributed by atoms with Crippen LogP contribution in [0.15, 0.2) is 40.2 Å². The van der Waals surface area contributed by atoms with Crippen LogP contribution in [0.2, 0.25) is 0 Å². The largest absolute Gasteiger partial charge is 0.413 e. The normalized spacial score (nSPS) is 10.2. The minimum atomic E-state index is -0.517. The third-order valence-corrected chi connectivity index (χ3v) is 2.35. The molecule has 2 heterocycles. The molecule has 0 radical (unpaired) electrons. The minimum Gasteiger partial charge on any atom is -0.377 e. The summed E-state index contributed by atoms with van der Waals surface area (Å²) >= 11 is 0. The zero-order chi connectivity index (χ0) is 12.4. The van der Waals surface area contributed by atoms with Crippen LogP contribution in [0.25, 0.3) is 5.82 Å². The van der Waals surface area contributed by atoms with E-state index in [9.17, 15) is 9.59 Å². The Bertz CT molecular complexity index is 597. The Morgan fingerprint density at radius 3 is 2.29 bits per heavy atom. The van der Waals surface area contributed by atoms with Crippen LogP contribution in [-0.4, -0.2) is 24.1 Å². The summed E-state index contributed by atoms with van der Waals surface area (Å²) in [4.78, 5) is 28.9. The first-order valence-corrected chi connectivity index (χ1v) is 5.09. The molecule has 6 nitrogen and oxygen atoms in total. The number of hydrogen-bond acceptors (Lipinski definition) is 3. The van der Waals surface area contributed by atoms with Crippen LogP contribution >= 0.6 is 0 Å². The smallest absolute Gasteiger partial charge is 0.377 e. The summed E-state index contributed by atoms with van der Waals surface area (Å²) < 4.78 is 1.67. The second kappa shape index (κ2) is 4.25. The van der Waals surface area contributed by atoms with Gasteiger partial charge in [-0.2, -0.15) is 4.98 Å². The number of H-pyrrole nitrogens is 2. The quantitative estimate of drug-likeness (QED) is 0.681. The summed E-state index contributed by atoms with van der Waals surface area (Å²) in [6.07, 6.45) is 3.56. The van der Waals surface area contributed by atoms with Crippen LogP contribution in [-0.2, 0) is 0 Å². The summed E-state index contributed by atoms with van der Waals surface area (Å²) in [7, 11) is 3.88. The van der Waals surface area contributed by atoms with Crippen molar-refractivity contribution in [1.29, 1.82) is 0 Å². The molecule has 0 unspecified atom stereocenters. The molecule has 2 aromatic rings. The molecule has 0 aliphatic heterocycles. The fraction of sp³-hybridized carbons (Fsp3) is 0.182. The van der Waals surface area contributed by atoms with Crippen LogP contribution in [0, 0.1) is 0 Å². The van der Waals surface area contributed by atoms with Crippen LogP contribution in [0.3, 0.4) is 0 Å². The lowest BCUT2D eigenvalue weighted by molar-refractivity contribution is -0.599. The minimum absolute atomic E-state index is 0.423. The molecule has 6 heteroatoms. The molecule has 0 aliphatic carbocycles. The molecule has 0 aromatic carbocycles. The highest BCUT2D eigenvalue weighted by Gasteiger charge is 2.07. The van der Waals surface area contributed by atoms with E-state index in [-0.39, 0.29) is 0 Å². The number of aromatic amines is 2. The van der Waals surface area contributed by atoms with E-state index in [2.05, 4.69) is 9.97 Å². The average molecular weight is 233 g/mol. The lowest BCUT2D eigenvalue weighted by atomic mass is 10.4. The number of pyridine rings is 1. The number of nitrogens with zero attached hydrogens (tertiary/aromatic N) is 2. The summed E-state index contributed by atoms with van der Waals surface area (Å²) in [5.74, 6) is 0.434. The Hall–Kier alpha value is -2.37. The zero-order valence-corrected chi connectivity index (χ0v) is 9.60. The predicted molar refractivity (Wildman–Crippen MR) is 63.5 cm³/mol. The van der Waals surface area contributed by atoms with Gasteiger partial charge in [0.05, 0.1) is 18.5 Å². The molecular formula is C11H13N4O2+. The Morgan fingerprint density at radius 1 is 1.12 bits per heavy atom. The number of nitrogens with one attached hydrogen (secondary N) is 2. The fourth-order valence-corrected chi connectivity index (χ4v) is 1.47. The predicted octanol–water partition coefficient (Wildman–Crippen LogP) is -0.594. The molecule has 0 saturated carbocycles. The van der Waals surface area contributed by atoms with E-state index >= 15 is 0 Å². The van der Waals surface area contributed by atoms with Crippen LogP contribution in [0.1, 0.15) is 0 Å². The van der Waals surface area contributed by atoms with Gasteiger partial charge in [-0.15, -0.1) is 0 Å². The van der Waals surface area contributed by atoms with Gasteiger partial charge in [-0.25, -0.2) is 9.36 Å². The highest BCUT2D eigenvalue weighted by atomic mass is 16.2. The maximum atomic E-state index is 11.2. The first-order valence-electron chi connectivity index (χ1n) is 5.09. The van der Waals surface area contributed by atoms with Gasteiger partial charge in [-0.3, -0.25) is 9.78 Å². The monoisotopic (exact) mass is 233 g/mol. The topological polar surface area (TPSA) is 72.8 Å². The highest BCUT2D eigenvalue weighted by Crippen LogP contribution is 2.06. The number of aromatic nitrogens is 3. The number of hydrogen-bond donors (Lipinski definition) is 2. The van der Waals surface area contributed by atoms with Gasteiger partial charge in [0.15, 0.2) is 0 Å². The van der Waals surface area contributed by atoms with Gasteiger partial charge in [-0.05, 0) is 0 Å². The van der Waals surface area contributed by atoms with Gasteiger partial charge in [0.2, 0.25) is 0 Å². The molecule has 0 bridgehead atoms. The van der Waals surface area contributed by atoms with E-state index in [1.165, 1.54) is 6.07 Å². The number of rotatable bonds is 2. The Morgan fingerprint density at radius 2 is 1.76 bits per heavy atom. The molecule has 2 rings (SSSR count). The van der Waals surface area contributed by atoms with E-state index in [1.54, 1.807) is 17.0 Å². The maximum absolute atomic E-state index is 11.2. The van der Waals surface area contributed by atoms with Crippen molar-refractivity contribution in [3.05, 3.63) is 51.4 Å². The molecule has 0 amide bonds. The summed E-state index contributed by atoms with van der Waals surface area (Å²) in [6.45, 7) is 0. The second-order valence-electron chi connectivity index (χ2n) is 3.83. The lowest BCUT2D eigenvalue weighted by Crippen LogP contribution is -2.36. The first-order chi connectivity index (χ1) is 8.06. The van der Waals surface area contributed by atoms with Crippen molar-refractivity contribution in [3.63, 3.8) is 0 Å². The first kappa shape index (κ1) is 11.1. The lowest BCUT2D eigenvalue weighted by Gasteiger charge is -2.11. The standard InChI is InChI=1S/C11H12N4O2/c1-14(2)8-3-5-15(6-4-8)9-7-10(16)13-11(17)12-9/h3-7H,1-2H3,(H-,12,13,16,17)/p+1. The van der Waals surface area contributed by atoms with Crippen LogP contribution in [0.5, 0.6) is 0 Å². The van der Waals surface area contributed by atoms with Crippen molar-refractivity contribution in [2.24, 2.45) is 0 Å². The van der Waals surface area contributed by atoms with Gasteiger partial charge in [0, 0.05) is 31.9 Å². The Balaban J connectivity index is 2.46. The van der Waals surface area contributed by atoms with Gasteiger partial charge >= 0.3 is 5.69 Å². The van der Waals surface area contributed by atoms with Gasteiger partial charge in [-0.1, -0.05) is 0 Å². The van der Waals surface area contributed by atoms with Crippen LogP contribution in [0.4, 0.5) is 5.69 Å². The van der Waals surface area contributed by atoms with E-state index in [0.717, 1.165) is 5.69 Å². The van der Waals surface area contributed by atoms with Crippen molar-refractivity contribution in [2.45, 2.75) is 0 Å². The Kier molecular flexibility index (Phi) is 2.78. The van der Waals surface area contributed by atoms with Crippen molar-refractivity contribution in [3.8, 4) is 5.82 Å². The van der Waals surface area contributed by atoms with E-state index in [4.69, 9.17) is 0 Å². The van der Waals surface area contributed by atoms with Crippen LogP contribution < -0.4 is 20.7 Å². The van der Waals surface area contributed by atoms with Crippen molar-refractivity contribution >= 4 is 5.69 Å². The van der Waals surface area contributed by atoms with Crippen molar-refractivity contribution in [1.82, 2.24) is 9.97 Å². The number of anilines is 1. The molecule has 88 valence electrons. The molecule has 0 saturated heterocycles. The van der Waals surface area contributed by atoms with E-state index in [1.807, 2.05) is 31.1 Å². The van der Waals surface area contributed by atoms with Gasteiger partial charge < -0.3 is 4.90 Å². The summed E-state index contributed by atoms with van der Waals surface area (Å²) in [5.41, 5.74) is 0.0954. The molecular weight excluding hydrogens is 220 g/mol. The van der Waals surface area contributed by atoms with Gasteiger partial charge in [0.1, 0.15) is 0 Å². The molecule has 0 aliphatic rings. The van der Waals surface area contributed by atoms with E-state index in [0.29, 0.717) is 5.82 Å². The molecule has 0 spiro atoms. The molecule has 0 fully saturated rings. The van der Waals surface area contributed by atoms with Crippen molar-refractivity contribution in [2.75, 3.05) is 19.0 Å². The second-order valence-corrected chi connectivity index (χ2v) is 3.83. The molecule has 2 N–H and O–H groups in total. The Labute approximate surface area is 97.2 Å². The fourth-order valence-electron chi connectivity index (χ4n) is 1.47. The molecule has 2 aromatic heterocycles. The van der Waals surface area contributed by atoms with Crippen molar-refractivity contribution < 1.29 is 4.57 Å². The highest BCUT2D eigenvalue weighted by molar-refractivity contribution is 5.41. The molecule has 0 atom stereocenters. The maximum Gasteiger partial charge on any atom is 0.413 e.